The molecule has 0 aromatic heterocycles. The smallest absolute Gasteiger partial charge is 0.0169 e. The first kappa shape index (κ1) is 6.45. The van der Waals surface area contributed by atoms with E-state index in [1.165, 1.54) is 19.3 Å². The van der Waals surface area contributed by atoms with Gasteiger partial charge < -0.3 is 0 Å². The summed E-state index contributed by atoms with van der Waals surface area (Å²) in [5, 5.41) is 0. The summed E-state index contributed by atoms with van der Waals surface area (Å²) in [5.41, 5.74) is 1.75. The second kappa shape index (κ2) is 2.11. The van der Waals surface area contributed by atoms with Gasteiger partial charge in [0, 0.05) is 0 Å². The molecule has 0 aromatic rings. The number of rotatable bonds is 1. The van der Waals surface area contributed by atoms with Crippen LogP contribution in [0, 0.1) is 17.8 Å². The highest BCUT2D eigenvalue weighted by molar-refractivity contribution is 5.20. The third-order valence-electron chi connectivity index (χ3n) is 3.21. The van der Waals surface area contributed by atoms with Crippen LogP contribution in [-0.2, 0) is 0 Å². The van der Waals surface area contributed by atoms with Crippen LogP contribution in [0.25, 0.3) is 0 Å². The van der Waals surface area contributed by atoms with Crippen LogP contribution in [0.5, 0.6) is 0 Å². The van der Waals surface area contributed by atoms with Gasteiger partial charge in [-0.1, -0.05) is 25.5 Å². The van der Waals surface area contributed by atoms with Gasteiger partial charge in [-0.25, -0.2) is 0 Å². The second-order valence-electron chi connectivity index (χ2n) is 3.85. The minimum atomic E-state index is 0.986. The van der Waals surface area contributed by atoms with Crippen molar-refractivity contribution < 1.29 is 0 Å². The molecule has 2 aliphatic carbocycles. The molecule has 0 nitrogen and oxygen atoms in total. The predicted molar refractivity (Wildman–Crippen MR) is 43.8 cm³/mol. The third kappa shape index (κ3) is 0.817. The molecule has 0 heteroatoms. The summed E-state index contributed by atoms with van der Waals surface area (Å²) in [6.45, 7) is 4.69. The van der Waals surface area contributed by atoms with E-state index in [0.717, 1.165) is 17.8 Å². The van der Waals surface area contributed by atoms with E-state index in [1.807, 2.05) is 0 Å². The maximum Gasteiger partial charge on any atom is -0.0169 e. The summed E-state index contributed by atoms with van der Waals surface area (Å²) in [6, 6.07) is 0. The highest BCUT2D eigenvalue weighted by Gasteiger charge is 2.44. The third-order valence-corrected chi connectivity index (χ3v) is 3.21. The fraction of sp³-hybridized carbons (Fsp3) is 0.800. The minimum Gasteiger partial charge on any atom is -0.0848 e. The van der Waals surface area contributed by atoms with E-state index in [2.05, 4.69) is 19.9 Å². The molecule has 0 saturated heterocycles. The monoisotopic (exact) mass is 136 g/mol. The fourth-order valence-electron chi connectivity index (χ4n) is 2.34. The average molecular weight is 136 g/mol. The summed E-state index contributed by atoms with van der Waals surface area (Å²) >= 11 is 0. The lowest BCUT2D eigenvalue weighted by atomic mass is 9.90. The van der Waals surface area contributed by atoms with Crippen molar-refractivity contribution in [2.24, 2.45) is 17.8 Å². The molecule has 1 fully saturated rings. The van der Waals surface area contributed by atoms with E-state index in [0.29, 0.717) is 0 Å². The number of fused-ring (bicyclic) bond motifs is 1. The maximum atomic E-state index is 2.48. The van der Waals surface area contributed by atoms with Crippen LogP contribution in [0.15, 0.2) is 11.6 Å². The van der Waals surface area contributed by atoms with Crippen molar-refractivity contribution in [3.05, 3.63) is 11.6 Å². The predicted octanol–water partition coefficient (Wildman–Crippen LogP) is 3.00. The molecular formula is C10H16. The molecule has 56 valence electrons. The van der Waals surface area contributed by atoms with E-state index in [1.54, 1.807) is 5.57 Å². The highest BCUT2D eigenvalue weighted by Crippen LogP contribution is 2.53. The molecule has 0 aromatic carbocycles. The topological polar surface area (TPSA) is 0 Å². The van der Waals surface area contributed by atoms with Crippen molar-refractivity contribution in [2.45, 2.75) is 33.1 Å². The van der Waals surface area contributed by atoms with Crippen molar-refractivity contribution >= 4 is 0 Å². The van der Waals surface area contributed by atoms with Crippen molar-refractivity contribution in [1.82, 2.24) is 0 Å². The van der Waals surface area contributed by atoms with E-state index in [9.17, 15) is 0 Å². The van der Waals surface area contributed by atoms with Gasteiger partial charge in [-0.2, -0.15) is 0 Å². The van der Waals surface area contributed by atoms with Gasteiger partial charge in [-0.15, -0.1) is 0 Å². The largest absolute Gasteiger partial charge is 0.0848 e. The lowest BCUT2D eigenvalue weighted by Gasteiger charge is -2.15. The zero-order valence-corrected chi connectivity index (χ0v) is 6.93. The summed E-state index contributed by atoms with van der Waals surface area (Å²) in [6.07, 6.45) is 6.64. The van der Waals surface area contributed by atoms with E-state index >= 15 is 0 Å². The number of allylic oxidation sites excluding steroid dienone is 2. The summed E-state index contributed by atoms with van der Waals surface area (Å²) < 4.78 is 0. The van der Waals surface area contributed by atoms with Gasteiger partial charge in [-0.3, -0.25) is 0 Å². The van der Waals surface area contributed by atoms with Crippen LogP contribution < -0.4 is 0 Å². The normalized spacial score (nSPS) is 44.2. The van der Waals surface area contributed by atoms with Gasteiger partial charge >= 0.3 is 0 Å². The first-order chi connectivity index (χ1) is 4.83. The van der Waals surface area contributed by atoms with Gasteiger partial charge in [0.25, 0.3) is 0 Å². The van der Waals surface area contributed by atoms with Gasteiger partial charge in [0.1, 0.15) is 0 Å². The SMILES string of the molecule is CCC1=CCC(C)C2CC12. The summed E-state index contributed by atoms with van der Waals surface area (Å²) in [4.78, 5) is 0. The van der Waals surface area contributed by atoms with E-state index < -0.39 is 0 Å². The standard InChI is InChI=1S/C10H16/c1-3-8-5-4-7(2)9-6-10(8)9/h5,7,9-10H,3-4,6H2,1-2H3. The zero-order chi connectivity index (χ0) is 7.14. The Kier molecular flexibility index (Phi) is 1.36. The number of hydrogen-bond donors (Lipinski definition) is 0. The van der Waals surface area contributed by atoms with Crippen LogP contribution in [0.2, 0.25) is 0 Å². The quantitative estimate of drug-likeness (QED) is 0.486. The Morgan fingerprint density at radius 3 is 3.10 bits per heavy atom. The lowest BCUT2D eigenvalue weighted by Crippen LogP contribution is -2.04. The molecule has 2 aliphatic rings. The Morgan fingerprint density at radius 1 is 1.60 bits per heavy atom. The van der Waals surface area contributed by atoms with Gasteiger partial charge in [0.2, 0.25) is 0 Å². The van der Waals surface area contributed by atoms with Gasteiger partial charge in [-0.05, 0) is 37.0 Å². The summed E-state index contributed by atoms with van der Waals surface area (Å²) in [5.74, 6) is 3.09. The molecule has 0 spiro atoms. The van der Waals surface area contributed by atoms with Crippen LogP contribution in [0.3, 0.4) is 0 Å². The summed E-state index contributed by atoms with van der Waals surface area (Å²) in [7, 11) is 0. The van der Waals surface area contributed by atoms with Gasteiger partial charge in [0.15, 0.2) is 0 Å². The number of hydrogen-bond acceptors (Lipinski definition) is 0. The fourth-order valence-corrected chi connectivity index (χ4v) is 2.34. The van der Waals surface area contributed by atoms with Crippen LogP contribution in [0.1, 0.15) is 33.1 Å². The molecular weight excluding hydrogens is 120 g/mol. The van der Waals surface area contributed by atoms with Crippen LogP contribution >= 0.6 is 0 Å². The molecule has 0 bridgehead atoms. The Hall–Kier alpha value is -0.260. The van der Waals surface area contributed by atoms with Crippen molar-refractivity contribution in [3.8, 4) is 0 Å². The molecule has 3 unspecified atom stereocenters. The molecule has 0 aliphatic heterocycles. The molecule has 10 heavy (non-hydrogen) atoms. The molecule has 0 radical (unpaired) electrons. The highest BCUT2D eigenvalue weighted by atomic mass is 14.5. The maximum absolute atomic E-state index is 2.48. The second-order valence-corrected chi connectivity index (χ2v) is 3.85. The molecule has 0 heterocycles. The van der Waals surface area contributed by atoms with Crippen molar-refractivity contribution in [1.29, 1.82) is 0 Å². The van der Waals surface area contributed by atoms with Crippen molar-refractivity contribution in [2.75, 3.05) is 0 Å². The molecule has 2 rings (SSSR count). The van der Waals surface area contributed by atoms with E-state index in [-0.39, 0.29) is 0 Å². The Morgan fingerprint density at radius 2 is 2.40 bits per heavy atom. The molecule has 1 saturated carbocycles. The Labute approximate surface area is 63.3 Å². The molecule has 3 atom stereocenters. The van der Waals surface area contributed by atoms with Crippen LogP contribution in [0.4, 0.5) is 0 Å². The minimum absolute atomic E-state index is 0.986. The Balaban J connectivity index is 2.11. The first-order valence-electron chi connectivity index (χ1n) is 4.52. The van der Waals surface area contributed by atoms with Gasteiger partial charge in [0.05, 0.1) is 0 Å². The van der Waals surface area contributed by atoms with Crippen molar-refractivity contribution in [3.63, 3.8) is 0 Å². The molecule has 0 N–H and O–H groups in total. The van der Waals surface area contributed by atoms with E-state index in [4.69, 9.17) is 0 Å². The first-order valence-corrected chi connectivity index (χ1v) is 4.52. The lowest BCUT2D eigenvalue weighted by molar-refractivity contribution is 0.471. The zero-order valence-electron chi connectivity index (χ0n) is 6.93. The Bertz CT molecular complexity index is 167. The average Bonchev–Trinajstić information content (AvgIpc) is 2.68. The van der Waals surface area contributed by atoms with Crippen LogP contribution in [-0.4, -0.2) is 0 Å². The molecule has 0 amide bonds.